The summed E-state index contributed by atoms with van der Waals surface area (Å²) in [6, 6.07) is 7.25. The second-order valence-corrected chi connectivity index (χ2v) is 10.4. The summed E-state index contributed by atoms with van der Waals surface area (Å²) in [5, 5.41) is 11.8. The van der Waals surface area contributed by atoms with Gasteiger partial charge in [-0.05, 0) is 37.5 Å². The molecule has 9 nitrogen and oxygen atoms in total. The van der Waals surface area contributed by atoms with Crippen molar-refractivity contribution in [1.82, 2.24) is 15.1 Å². The van der Waals surface area contributed by atoms with Crippen LogP contribution >= 0.6 is 0 Å². The van der Waals surface area contributed by atoms with E-state index in [0.717, 1.165) is 11.3 Å². The number of nitrogens with one attached hydrogen (secondary N) is 1. The van der Waals surface area contributed by atoms with Crippen LogP contribution in [0.25, 0.3) is 0 Å². The normalized spacial score (nSPS) is 24.7. The van der Waals surface area contributed by atoms with E-state index >= 15 is 0 Å². The van der Waals surface area contributed by atoms with Gasteiger partial charge in [0, 0.05) is 12.6 Å². The highest BCUT2D eigenvalue weighted by atomic mass is 32.2. The van der Waals surface area contributed by atoms with Crippen molar-refractivity contribution in [1.29, 1.82) is 5.26 Å². The SMILES string of the molecule is CCCCN(C(=O)CN1C(=O)NC(C)(c2cccc(C#N)c2)C1=O)C1CCS(=O)(=O)C1. The molecule has 2 unspecified atom stereocenters. The number of nitrogens with zero attached hydrogens (tertiary/aromatic N) is 3. The number of carbonyl (C=O) groups excluding carboxylic acids is 3. The van der Waals surface area contributed by atoms with Gasteiger partial charge in [-0.3, -0.25) is 14.5 Å². The molecule has 0 saturated carbocycles. The van der Waals surface area contributed by atoms with Crippen molar-refractivity contribution in [2.24, 2.45) is 0 Å². The van der Waals surface area contributed by atoms with E-state index in [2.05, 4.69) is 5.32 Å². The van der Waals surface area contributed by atoms with Crippen molar-refractivity contribution in [3.63, 3.8) is 0 Å². The summed E-state index contributed by atoms with van der Waals surface area (Å²) in [5.41, 5.74) is -0.595. The van der Waals surface area contributed by atoms with Gasteiger partial charge in [-0.2, -0.15) is 5.26 Å². The minimum atomic E-state index is -3.19. The highest BCUT2D eigenvalue weighted by Crippen LogP contribution is 2.29. The molecule has 2 aliphatic rings. The molecule has 0 spiro atoms. The van der Waals surface area contributed by atoms with Gasteiger partial charge in [0.15, 0.2) is 9.84 Å². The monoisotopic (exact) mass is 446 g/mol. The number of unbranched alkanes of at least 4 members (excludes halogenated alkanes) is 1. The number of urea groups is 1. The Morgan fingerprint density at radius 1 is 1.39 bits per heavy atom. The molecule has 2 fully saturated rings. The zero-order valence-electron chi connectivity index (χ0n) is 17.6. The van der Waals surface area contributed by atoms with Gasteiger partial charge in [0.1, 0.15) is 12.1 Å². The minimum absolute atomic E-state index is 0.0318. The van der Waals surface area contributed by atoms with Crippen LogP contribution < -0.4 is 5.32 Å². The number of hydrogen-bond acceptors (Lipinski definition) is 6. The molecule has 1 N–H and O–H groups in total. The van der Waals surface area contributed by atoms with Crippen LogP contribution in [0.3, 0.4) is 0 Å². The second kappa shape index (κ2) is 8.67. The fourth-order valence-corrected chi connectivity index (χ4v) is 5.75. The molecule has 2 saturated heterocycles. The number of carbonyl (C=O) groups is 3. The van der Waals surface area contributed by atoms with Crippen molar-refractivity contribution in [3.05, 3.63) is 35.4 Å². The summed E-state index contributed by atoms with van der Waals surface area (Å²) in [6.07, 6.45) is 1.87. The molecule has 2 atom stereocenters. The van der Waals surface area contributed by atoms with E-state index < -0.39 is 45.8 Å². The van der Waals surface area contributed by atoms with Crippen LogP contribution in [-0.2, 0) is 25.0 Å². The average molecular weight is 447 g/mol. The minimum Gasteiger partial charge on any atom is -0.337 e. The molecular formula is C21H26N4O5S. The average Bonchev–Trinajstić information content (AvgIpc) is 3.20. The van der Waals surface area contributed by atoms with Gasteiger partial charge < -0.3 is 10.2 Å². The summed E-state index contributed by atoms with van der Waals surface area (Å²) in [4.78, 5) is 41.1. The van der Waals surface area contributed by atoms with Crippen molar-refractivity contribution in [2.45, 2.75) is 44.7 Å². The number of benzene rings is 1. The smallest absolute Gasteiger partial charge is 0.325 e. The molecule has 31 heavy (non-hydrogen) atoms. The molecule has 0 aromatic heterocycles. The molecule has 2 aliphatic heterocycles. The van der Waals surface area contributed by atoms with E-state index in [1.165, 1.54) is 17.9 Å². The number of rotatable bonds is 7. The maximum absolute atomic E-state index is 13.1. The molecule has 3 rings (SSSR count). The Morgan fingerprint density at radius 2 is 2.13 bits per heavy atom. The molecule has 166 valence electrons. The fraction of sp³-hybridized carbons (Fsp3) is 0.524. The number of sulfone groups is 1. The van der Waals surface area contributed by atoms with E-state index in [-0.39, 0.29) is 11.5 Å². The molecule has 0 bridgehead atoms. The highest BCUT2D eigenvalue weighted by molar-refractivity contribution is 7.91. The van der Waals surface area contributed by atoms with Crippen LogP contribution in [0.5, 0.6) is 0 Å². The van der Waals surface area contributed by atoms with Crippen LogP contribution in [0.1, 0.15) is 44.2 Å². The number of nitriles is 1. The third kappa shape index (κ3) is 4.56. The lowest BCUT2D eigenvalue weighted by Crippen LogP contribution is -2.48. The van der Waals surface area contributed by atoms with E-state index in [1.807, 2.05) is 13.0 Å². The van der Waals surface area contributed by atoms with Crippen molar-refractivity contribution in [2.75, 3.05) is 24.6 Å². The van der Waals surface area contributed by atoms with Crippen molar-refractivity contribution in [3.8, 4) is 6.07 Å². The third-order valence-electron chi connectivity index (χ3n) is 5.86. The lowest BCUT2D eigenvalue weighted by Gasteiger charge is -2.29. The van der Waals surface area contributed by atoms with Crippen molar-refractivity contribution < 1.29 is 22.8 Å². The van der Waals surface area contributed by atoms with Gasteiger partial charge in [0.05, 0.1) is 23.1 Å². The Balaban J connectivity index is 1.80. The van der Waals surface area contributed by atoms with Gasteiger partial charge in [0.2, 0.25) is 5.91 Å². The molecular weight excluding hydrogens is 420 g/mol. The van der Waals surface area contributed by atoms with Gasteiger partial charge in [-0.25, -0.2) is 13.2 Å². The molecule has 1 aromatic rings. The molecule has 0 aliphatic carbocycles. The summed E-state index contributed by atoms with van der Waals surface area (Å²) in [5.74, 6) is -1.10. The maximum atomic E-state index is 13.1. The van der Waals surface area contributed by atoms with E-state index in [4.69, 9.17) is 5.26 Å². The first-order valence-corrected chi connectivity index (χ1v) is 12.1. The standard InChI is InChI=1S/C21H26N4O5S/c1-3-4-9-24(17-8-10-31(29,30)14-17)18(26)13-25-19(27)21(2,23-20(25)28)16-7-5-6-15(11-16)12-22/h5-7,11,17H,3-4,8-10,13-14H2,1-2H3,(H,23,28). The quantitative estimate of drug-likeness (QED) is 0.626. The number of imide groups is 1. The Kier molecular flexibility index (Phi) is 6.36. The lowest BCUT2D eigenvalue weighted by atomic mass is 9.91. The van der Waals surface area contributed by atoms with Crippen LogP contribution in [0.15, 0.2) is 24.3 Å². The summed E-state index contributed by atoms with van der Waals surface area (Å²) < 4.78 is 23.8. The molecule has 4 amide bonds. The van der Waals surface area contributed by atoms with Gasteiger partial charge >= 0.3 is 6.03 Å². The zero-order chi connectivity index (χ0) is 22.8. The second-order valence-electron chi connectivity index (χ2n) is 8.14. The largest absolute Gasteiger partial charge is 0.337 e. The zero-order valence-corrected chi connectivity index (χ0v) is 18.4. The molecule has 0 radical (unpaired) electrons. The predicted octanol–water partition coefficient (Wildman–Crippen LogP) is 1.14. The number of amides is 4. The van der Waals surface area contributed by atoms with Gasteiger partial charge in [-0.1, -0.05) is 25.5 Å². The molecule has 2 heterocycles. The lowest BCUT2D eigenvalue weighted by molar-refractivity contribution is -0.140. The van der Waals surface area contributed by atoms with Crippen molar-refractivity contribution >= 4 is 27.7 Å². The van der Waals surface area contributed by atoms with E-state index in [9.17, 15) is 22.8 Å². The highest BCUT2D eigenvalue weighted by Gasteiger charge is 2.50. The van der Waals surface area contributed by atoms with E-state index in [0.29, 0.717) is 30.5 Å². The summed E-state index contributed by atoms with van der Waals surface area (Å²) >= 11 is 0. The van der Waals surface area contributed by atoms with Crippen LogP contribution in [-0.4, -0.2) is 66.7 Å². The predicted molar refractivity (Wildman–Crippen MR) is 112 cm³/mol. The molecule has 1 aromatic carbocycles. The third-order valence-corrected chi connectivity index (χ3v) is 7.61. The Bertz CT molecular complexity index is 1050. The van der Waals surface area contributed by atoms with Crippen LogP contribution in [0.4, 0.5) is 4.79 Å². The van der Waals surface area contributed by atoms with Crippen LogP contribution in [0.2, 0.25) is 0 Å². The Labute approximate surface area is 181 Å². The first kappa shape index (κ1) is 22.7. The summed E-state index contributed by atoms with van der Waals surface area (Å²) in [6.45, 7) is 3.41. The Hall–Kier alpha value is -2.93. The first-order valence-electron chi connectivity index (χ1n) is 10.3. The first-order chi connectivity index (χ1) is 14.6. The van der Waals surface area contributed by atoms with Crippen LogP contribution in [0, 0.1) is 11.3 Å². The number of hydrogen-bond donors (Lipinski definition) is 1. The van der Waals surface area contributed by atoms with Gasteiger partial charge in [0.25, 0.3) is 5.91 Å². The Morgan fingerprint density at radius 3 is 2.74 bits per heavy atom. The fourth-order valence-electron chi connectivity index (χ4n) is 4.02. The molecule has 10 heteroatoms. The summed E-state index contributed by atoms with van der Waals surface area (Å²) in [7, 11) is -3.19. The topological polar surface area (TPSA) is 128 Å². The maximum Gasteiger partial charge on any atom is 0.325 e. The van der Waals surface area contributed by atoms with E-state index in [1.54, 1.807) is 18.2 Å². The van der Waals surface area contributed by atoms with Gasteiger partial charge in [-0.15, -0.1) is 0 Å².